The lowest BCUT2D eigenvalue weighted by atomic mass is 10.2. The Balaban J connectivity index is 2.15. The molecule has 1 atom stereocenters. The molecule has 2 rings (SSSR count). The highest BCUT2D eigenvalue weighted by Crippen LogP contribution is 2.29. The molecule has 1 N–H and O–H groups in total. The Morgan fingerprint density at radius 3 is 2.46 bits per heavy atom. The minimum atomic E-state index is -1.39. The van der Waals surface area contributed by atoms with Gasteiger partial charge in [0.2, 0.25) is 0 Å². The second-order valence-corrected chi connectivity index (χ2v) is 5.83. The van der Waals surface area contributed by atoms with E-state index in [0.717, 1.165) is 6.07 Å². The lowest BCUT2D eigenvalue weighted by Crippen LogP contribution is -2.30. The zero-order chi connectivity index (χ0) is 21.0. The predicted octanol–water partition coefficient (Wildman–Crippen LogP) is 3.72. The van der Waals surface area contributed by atoms with Gasteiger partial charge in [0.1, 0.15) is 5.75 Å². The van der Waals surface area contributed by atoms with Crippen LogP contribution in [0.1, 0.15) is 17.3 Å². The number of nitrogens with one attached hydrogen (secondary N) is 1. The molecule has 2 aromatic rings. The molecule has 0 saturated heterocycles. The van der Waals surface area contributed by atoms with Gasteiger partial charge in [-0.1, -0.05) is 11.6 Å². The van der Waals surface area contributed by atoms with Gasteiger partial charge < -0.3 is 14.8 Å². The Kier molecular flexibility index (Phi) is 6.47. The first-order chi connectivity index (χ1) is 13.1. The molecule has 0 heterocycles. The van der Waals surface area contributed by atoms with Crippen LogP contribution in [0.15, 0.2) is 30.3 Å². The molecule has 8 nitrogen and oxygen atoms in total. The van der Waals surface area contributed by atoms with Crippen molar-refractivity contribution in [2.24, 2.45) is 0 Å². The number of carbonyl (C=O) groups is 2. The molecule has 148 valence electrons. The summed E-state index contributed by atoms with van der Waals surface area (Å²) in [5.41, 5.74) is -0.780. The normalized spacial score (nSPS) is 11.5. The van der Waals surface area contributed by atoms with Gasteiger partial charge in [0.25, 0.3) is 11.6 Å². The monoisotopic (exact) mass is 414 g/mol. The quantitative estimate of drug-likeness (QED) is 0.334. The molecule has 1 amide bonds. The number of amides is 1. The number of esters is 1. The van der Waals surface area contributed by atoms with Crippen LogP contribution in [0, 0.1) is 21.7 Å². The van der Waals surface area contributed by atoms with E-state index in [9.17, 15) is 28.5 Å². The number of rotatable bonds is 6. The molecular weight excluding hydrogens is 402 g/mol. The third-order valence-corrected chi connectivity index (χ3v) is 3.85. The Labute approximate surface area is 162 Å². The smallest absolute Gasteiger partial charge is 0.340 e. The Morgan fingerprint density at radius 1 is 1.21 bits per heavy atom. The number of halogens is 3. The van der Waals surface area contributed by atoms with Crippen LogP contribution in [0.25, 0.3) is 0 Å². The molecule has 0 aliphatic rings. The van der Waals surface area contributed by atoms with Crippen LogP contribution >= 0.6 is 11.6 Å². The number of nitro groups is 1. The first-order valence-electron chi connectivity index (χ1n) is 7.62. The fourth-order valence-electron chi connectivity index (χ4n) is 2.10. The van der Waals surface area contributed by atoms with Crippen molar-refractivity contribution < 1.29 is 32.8 Å². The van der Waals surface area contributed by atoms with Gasteiger partial charge in [0.05, 0.1) is 28.3 Å². The van der Waals surface area contributed by atoms with Crippen molar-refractivity contribution in [2.75, 3.05) is 12.4 Å². The highest BCUT2D eigenvalue weighted by Gasteiger charge is 2.23. The van der Waals surface area contributed by atoms with Gasteiger partial charge in [-0.25, -0.2) is 13.6 Å². The average molecular weight is 415 g/mol. The van der Waals surface area contributed by atoms with Crippen molar-refractivity contribution in [2.45, 2.75) is 13.0 Å². The SMILES string of the molecule is COc1ccc([N+](=O)[O-])cc1NC(=O)C(C)OC(=O)c1cc(F)c(F)cc1Cl. The van der Waals surface area contributed by atoms with E-state index in [2.05, 4.69) is 5.32 Å². The molecule has 0 aromatic heterocycles. The van der Waals surface area contributed by atoms with Gasteiger partial charge >= 0.3 is 5.97 Å². The van der Waals surface area contributed by atoms with Crippen LogP contribution in [0.4, 0.5) is 20.2 Å². The summed E-state index contributed by atoms with van der Waals surface area (Å²) in [6, 6.07) is 4.69. The zero-order valence-corrected chi connectivity index (χ0v) is 15.3. The second-order valence-electron chi connectivity index (χ2n) is 5.42. The van der Waals surface area contributed by atoms with Crippen LogP contribution in [0.3, 0.4) is 0 Å². The number of benzene rings is 2. The molecule has 0 radical (unpaired) electrons. The molecule has 2 aromatic carbocycles. The third kappa shape index (κ3) is 4.71. The Bertz CT molecular complexity index is 953. The van der Waals surface area contributed by atoms with E-state index in [4.69, 9.17) is 21.1 Å². The largest absolute Gasteiger partial charge is 0.495 e. The summed E-state index contributed by atoms with van der Waals surface area (Å²) >= 11 is 5.69. The number of hydrogen-bond donors (Lipinski definition) is 1. The van der Waals surface area contributed by atoms with E-state index >= 15 is 0 Å². The number of anilines is 1. The van der Waals surface area contributed by atoms with Crippen molar-refractivity contribution in [1.82, 2.24) is 0 Å². The van der Waals surface area contributed by atoms with Crippen molar-refractivity contribution in [3.8, 4) is 5.75 Å². The highest BCUT2D eigenvalue weighted by molar-refractivity contribution is 6.33. The number of hydrogen-bond acceptors (Lipinski definition) is 6. The Hall–Kier alpha value is -3.27. The van der Waals surface area contributed by atoms with Gasteiger partial charge in [-0.15, -0.1) is 0 Å². The fraction of sp³-hybridized carbons (Fsp3) is 0.176. The minimum absolute atomic E-state index is 0.0181. The van der Waals surface area contributed by atoms with Crippen molar-refractivity contribution in [3.63, 3.8) is 0 Å². The topological polar surface area (TPSA) is 108 Å². The van der Waals surface area contributed by atoms with Gasteiger partial charge in [0.15, 0.2) is 17.7 Å². The summed E-state index contributed by atoms with van der Waals surface area (Å²) < 4.78 is 36.3. The van der Waals surface area contributed by atoms with E-state index < -0.39 is 45.1 Å². The fourth-order valence-corrected chi connectivity index (χ4v) is 2.33. The maximum absolute atomic E-state index is 13.3. The number of carbonyl (C=O) groups excluding carboxylic acids is 2. The summed E-state index contributed by atoms with van der Waals surface area (Å²) in [4.78, 5) is 34.5. The second kappa shape index (κ2) is 8.61. The van der Waals surface area contributed by atoms with Crippen LogP contribution in [0.2, 0.25) is 5.02 Å². The zero-order valence-electron chi connectivity index (χ0n) is 14.5. The van der Waals surface area contributed by atoms with E-state index in [1.165, 1.54) is 26.2 Å². The van der Waals surface area contributed by atoms with Crippen LogP contribution < -0.4 is 10.1 Å². The van der Waals surface area contributed by atoms with Crippen LogP contribution in [0.5, 0.6) is 5.75 Å². The molecule has 0 saturated carbocycles. The van der Waals surface area contributed by atoms with Crippen molar-refractivity contribution in [3.05, 3.63) is 62.7 Å². The number of nitrogens with zero attached hydrogens (tertiary/aromatic N) is 1. The van der Waals surface area contributed by atoms with E-state index in [-0.39, 0.29) is 17.1 Å². The Morgan fingerprint density at radius 2 is 1.86 bits per heavy atom. The summed E-state index contributed by atoms with van der Waals surface area (Å²) in [6.07, 6.45) is -1.39. The van der Waals surface area contributed by atoms with Crippen LogP contribution in [-0.4, -0.2) is 30.0 Å². The molecule has 0 aliphatic carbocycles. The molecule has 0 fully saturated rings. The first kappa shape index (κ1) is 21.0. The van der Waals surface area contributed by atoms with Gasteiger partial charge in [-0.2, -0.15) is 0 Å². The van der Waals surface area contributed by atoms with Crippen molar-refractivity contribution >= 4 is 34.9 Å². The molecule has 0 aliphatic heterocycles. The minimum Gasteiger partial charge on any atom is -0.495 e. The number of methoxy groups -OCH3 is 1. The molecule has 11 heteroatoms. The molecule has 1 unspecified atom stereocenters. The molecular formula is C17H13ClF2N2O6. The lowest BCUT2D eigenvalue weighted by Gasteiger charge is -2.15. The molecule has 0 spiro atoms. The average Bonchev–Trinajstić information content (AvgIpc) is 2.64. The first-order valence-corrected chi connectivity index (χ1v) is 8.00. The maximum atomic E-state index is 13.3. The highest BCUT2D eigenvalue weighted by atomic mass is 35.5. The third-order valence-electron chi connectivity index (χ3n) is 3.53. The van der Waals surface area contributed by atoms with E-state index in [1.807, 2.05) is 0 Å². The number of ether oxygens (including phenoxy) is 2. The predicted molar refractivity (Wildman–Crippen MR) is 94.5 cm³/mol. The molecule has 28 heavy (non-hydrogen) atoms. The van der Waals surface area contributed by atoms with E-state index in [1.54, 1.807) is 0 Å². The summed E-state index contributed by atoms with van der Waals surface area (Å²) in [7, 11) is 1.30. The number of non-ortho nitro benzene ring substituents is 1. The number of nitro benzene ring substituents is 1. The standard InChI is InChI=1S/C17H13ClF2N2O6/c1-8(28-17(24)10-6-12(19)13(20)7-11(10)18)16(23)21-14-5-9(22(25)26)3-4-15(14)27-2/h3-8H,1-2H3,(H,21,23). The summed E-state index contributed by atoms with van der Waals surface area (Å²) in [6.45, 7) is 1.21. The maximum Gasteiger partial charge on any atom is 0.340 e. The van der Waals surface area contributed by atoms with Crippen molar-refractivity contribution in [1.29, 1.82) is 0 Å². The molecule has 0 bridgehead atoms. The van der Waals surface area contributed by atoms with Gasteiger partial charge in [-0.05, 0) is 25.1 Å². The summed E-state index contributed by atoms with van der Waals surface area (Å²) in [5.74, 6) is -4.41. The summed E-state index contributed by atoms with van der Waals surface area (Å²) in [5, 5.41) is 12.8. The van der Waals surface area contributed by atoms with E-state index in [0.29, 0.717) is 12.1 Å². The van der Waals surface area contributed by atoms with Gasteiger partial charge in [-0.3, -0.25) is 14.9 Å². The lowest BCUT2D eigenvalue weighted by molar-refractivity contribution is -0.384. The van der Waals surface area contributed by atoms with Gasteiger partial charge in [0, 0.05) is 12.1 Å². The van der Waals surface area contributed by atoms with Crippen LogP contribution in [-0.2, 0) is 9.53 Å².